The second-order valence-electron chi connectivity index (χ2n) is 7.56. The first-order chi connectivity index (χ1) is 17.4. The molecule has 188 valence electrons. The van der Waals surface area contributed by atoms with Crippen LogP contribution in [0.25, 0.3) is 0 Å². The number of thioether (sulfide) groups is 2. The molecule has 1 heterocycles. The summed E-state index contributed by atoms with van der Waals surface area (Å²) < 4.78 is 12.5. The number of hydrogen-bond donors (Lipinski definition) is 1. The number of ether oxygens (including phenoxy) is 2. The van der Waals surface area contributed by atoms with Crippen LogP contribution in [0.5, 0.6) is 11.5 Å². The van der Waals surface area contributed by atoms with Crippen molar-refractivity contribution in [2.24, 2.45) is 5.10 Å². The lowest BCUT2D eigenvalue weighted by atomic mass is 10.2. The molecule has 1 amide bonds. The molecule has 0 saturated carbocycles. The molecule has 4 rings (SSSR count). The van der Waals surface area contributed by atoms with Crippen molar-refractivity contribution in [3.63, 3.8) is 0 Å². The highest BCUT2D eigenvalue weighted by atomic mass is 79.9. The molecule has 0 radical (unpaired) electrons. The van der Waals surface area contributed by atoms with E-state index in [0.29, 0.717) is 41.2 Å². The van der Waals surface area contributed by atoms with Crippen LogP contribution in [0, 0.1) is 0 Å². The summed E-state index contributed by atoms with van der Waals surface area (Å²) in [4.78, 5) is 12.1. The van der Waals surface area contributed by atoms with Gasteiger partial charge in [-0.3, -0.25) is 4.79 Å². The van der Waals surface area contributed by atoms with Crippen molar-refractivity contribution in [3.8, 4) is 11.5 Å². The zero-order valence-corrected chi connectivity index (χ0v) is 24.2. The fourth-order valence-electron chi connectivity index (χ4n) is 3.21. The molecule has 1 N–H and O–H groups in total. The average molecular weight is 647 g/mol. The van der Waals surface area contributed by atoms with Crippen molar-refractivity contribution >= 4 is 86.4 Å². The number of halogens is 4. The minimum absolute atomic E-state index is 0.145. The number of nitrogens with one attached hydrogen (secondary N) is 1. The first kappa shape index (κ1) is 27.5. The first-order valence-electron chi connectivity index (χ1n) is 10.7. The summed E-state index contributed by atoms with van der Waals surface area (Å²) in [6.45, 7) is 0.0765. The predicted octanol–water partition coefficient (Wildman–Crippen LogP) is 8.00. The molecular weight excluding hydrogens is 627 g/mol. The van der Waals surface area contributed by atoms with Crippen LogP contribution in [0.1, 0.15) is 21.3 Å². The molecule has 5 nitrogen and oxygen atoms in total. The summed E-state index contributed by atoms with van der Waals surface area (Å²) in [6.07, 6.45) is 1.49. The molecule has 0 aliphatic carbocycles. The standard InChI is InChI=1S/C25H20BrCl3N2O3S2/c26-20-9-15(10-22(29)24(20)34-13-17-1-4-18(27)11-21(17)28)12-30-31-23(32)14-33-19-5-2-16(3-6-19)25-35-7-8-36-25/h1-6,9-12,25H,7-8,13-14H2,(H,31,32)/b30-12-. The van der Waals surface area contributed by atoms with Gasteiger partial charge in [-0.2, -0.15) is 5.10 Å². The molecule has 3 aromatic carbocycles. The maximum absolute atomic E-state index is 12.1. The Labute approximate surface area is 241 Å². The monoisotopic (exact) mass is 644 g/mol. The van der Waals surface area contributed by atoms with Crippen LogP contribution in [0.2, 0.25) is 15.1 Å². The third kappa shape index (κ3) is 7.73. The van der Waals surface area contributed by atoms with Crippen LogP contribution in [0.15, 0.2) is 64.2 Å². The van der Waals surface area contributed by atoms with Gasteiger partial charge in [0.15, 0.2) is 12.4 Å². The molecule has 1 aliphatic heterocycles. The van der Waals surface area contributed by atoms with E-state index in [2.05, 4.69) is 26.5 Å². The van der Waals surface area contributed by atoms with E-state index in [-0.39, 0.29) is 19.1 Å². The maximum atomic E-state index is 12.1. The summed E-state index contributed by atoms with van der Waals surface area (Å²) in [5.74, 6) is 3.08. The largest absolute Gasteiger partial charge is 0.486 e. The van der Waals surface area contributed by atoms with Gasteiger partial charge in [-0.05, 0) is 63.5 Å². The summed E-state index contributed by atoms with van der Waals surface area (Å²) in [7, 11) is 0. The normalized spacial score (nSPS) is 13.8. The SMILES string of the molecule is O=C(COc1ccc(C2SCCS2)cc1)N/N=C\c1cc(Cl)c(OCc2ccc(Cl)cc2Cl)c(Br)c1. The van der Waals surface area contributed by atoms with Crippen molar-refractivity contribution < 1.29 is 14.3 Å². The van der Waals surface area contributed by atoms with Crippen molar-refractivity contribution in [1.29, 1.82) is 0 Å². The lowest BCUT2D eigenvalue weighted by molar-refractivity contribution is -0.123. The van der Waals surface area contributed by atoms with Crippen LogP contribution in [0.4, 0.5) is 0 Å². The van der Waals surface area contributed by atoms with Crippen molar-refractivity contribution in [1.82, 2.24) is 5.43 Å². The molecule has 3 aromatic rings. The number of nitrogens with zero attached hydrogens (tertiary/aromatic N) is 1. The van der Waals surface area contributed by atoms with E-state index in [1.807, 2.05) is 47.8 Å². The Morgan fingerprint density at radius 3 is 2.47 bits per heavy atom. The zero-order valence-electron chi connectivity index (χ0n) is 18.7. The van der Waals surface area contributed by atoms with Gasteiger partial charge in [0.2, 0.25) is 0 Å². The molecule has 0 unspecified atom stereocenters. The Hall–Kier alpha value is -1.55. The number of carbonyl (C=O) groups is 1. The van der Waals surface area contributed by atoms with Crippen molar-refractivity contribution in [2.75, 3.05) is 18.1 Å². The van der Waals surface area contributed by atoms with E-state index < -0.39 is 0 Å². The molecule has 0 aromatic heterocycles. The van der Waals surface area contributed by atoms with Crippen molar-refractivity contribution in [3.05, 3.63) is 90.8 Å². The van der Waals surface area contributed by atoms with Crippen LogP contribution in [-0.2, 0) is 11.4 Å². The van der Waals surface area contributed by atoms with Crippen LogP contribution in [-0.4, -0.2) is 30.2 Å². The van der Waals surface area contributed by atoms with Gasteiger partial charge in [-0.15, -0.1) is 23.5 Å². The highest BCUT2D eigenvalue weighted by Gasteiger charge is 2.18. The highest BCUT2D eigenvalue weighted by Crippen LogP contribution is 2.45. The van der Waals surface area contributed by atoms with Crippen LogP contribution in [0.3, 0.4) is 0 Å². The van der Waals surface area contributed by atoms with Crippen molar-refractivity contribution in [2.45, 2.75) is 11.2 Å². The molecule has 11 heteroatoms. The average Bonchev–Trinajstić information content (AvgIpc) is 3.39. The smallest absolute Gasteiger partial charge is 0.277 e. The van der Waals surface area contributed by atoms with Gasteiger partial charge >= 0.3 is 0 Å². The van der Waals surface area contributed by atoms with E-state index in [4.69, 9.17) is 44.3 Å². The number of carbonyl (C=O) groups excluding carboxylic acids is 1. The van der Waals surface area contributed by atoms with E-state index in [9.17, 15) is 4.79 Å². The molecule has 0 bridgehead atoms. The second kappa shape index (κ2) is 13.3. The summed E-state index contributed by atoms with van der Waals surface area (Å²) in [5.41, 5.74) is 5.16. The summed E-state index contributed by atoms with van der Waals surface area (Å²) >= 11 is 25.9. The fourth-order valence-corrected chi connectivity index (χ4v) is 7.52. The van der Waals surface area contributed by atoms with Crippen LogP contribution < -0.4 is 14.9 Å². The van der Waals surface area contributed by atoms with Gasteiger partial charge in [0.1, 0.15) is 12.4 Å². The fraction of sp³-hybridized carbons (Fsp3) is 0.200. The summed E-state index contributed by atoms with van der Waals surface area (Å²) in [5, 5.41) is 5.43. The van der Waals surface area contributed by atoms with E-state index in [1.165, 1.54) is 23.3 Å². The third-order valence-corrected chi connectivity index (χ3v) is 9.52. The van der Waals surface area contributed by atoms with Gasteiger partial charge in [0.25, 0.3) is 5.91 Å². The highest BCUT2D eigenvalue weighted by molar-refractivity contribution is 9.10. The van der Waals surface area contributed by atoms with Gasteiger partial charge in [0, 0.05) is 27.1 Å². The lowest BCUT2D eigenvalue weighted by Crippen LogP contribution is -2.24. The molecule has 1 saturated heterocycles. The van der Waals surface area contributed by atoms with E-state index >= 15 is 0 Å². The zero-order chi connectivity index (χ0) is 25.5. The minimum Gasteiger partial charge on any atom is -0.486 e. The minimum atomic E-state index is -0.373. The molecular formula is C25H20BrCl3N2O3S2. The Bertz CT molecular complexity index is 1230. The number of hydrogen-bond acceptors (Lipinski definition) is 6. The molecule has 0 atom stereocenters. The Balaban J connectivity index is 1.26. The number of amides is 1. The van der Waals surface area contributed by atoms with Gasteiger partial charge in [-0.25, -0.2) is 5.43 Å². The molecule has 36 heavy (non-hydrogen) atoms. The van der Waals surface area contributed by atoms with E-state index in [1.54, 1.807) is 30.3 Å². The van der Waals surface area contributed by atoms with Gasteiger partial charge < -0.3 is 9.47 Å². The lowest BCUT2D eigenvalue weighted by Gasteiger charge is -2.12. The second-order valence-corrected chi connectivity index (χ2v) is 12.4. The Morgan fingerprint density at radius 2 is 1.78 bits per heavy atom. The molecule has 1 fully saturated rings. The van der Waals surface area contributed by atoms with Gasteiger partial charge in [-0.1, -0.05) is 53.0 Å². The first-order valence-corrected chi connectivity index (χ1v) is 14.7. The number of benzene rings is 3. The van der Waals surface area contributed by atoms with Gasteiger partial charge in [0.05, 0.1) is 20.3 Å². The maximum Gasteiger partial charge on any atom is 0.277 e. The molecule has 1 aliphatic rings. The van der Waals surface area contributed by atoms with Crippen LogP contribution >= 0.6 is 74.3 Å². The number of rotatable bonds is 9. The quantitative estimate of drug-likeness (QED) is 0.189. The third-order valence-electron chi connectivity index (χ3n) is 4.95. The predicted molar refractivity (Wildman–Crippen MR) is 155 cm³/mol. The Morgan fingerprint density at radius 1 is 1.03 bits per heavy atom. The number of hydrazone groups is 1. The Kier molecular flexibility index (Phi) is 10.2. The topological polar surface area (TPSA) is 59.9 Å². The van der Waals surface area contributed by atoms with E-state index in [0.717, 1.165) is 5.56 Å². The molecule has 0 spiro atoms. The summed E-state index contributed by atoms with van der Waals surface area (Å²) in [6, 6.07) is 16.5.